The molecule has 0 aliphatic carbocycles. The van der Waals surface area contributed by atoms with E-state index in [0.29, 0.717) is 18.1 Å². The van der Waals surface area contributed by atoms with Crippen molar-refractivity contribution < 1.29 is 23.8 Å². The summed E-state index contributed by atoms with van der Waals surface area (Å²) in [7, 11) is 1.60. The Kier molecular flexibility index (Phi) is 6.26. The minimum absolute atomic E-state index is 0.0299. The third-order valence-electron chi connectivity index (χ3n) is 5.08. The zero-order valence-corrected chi connectivity index (χ0v) is 16.7. The fourth-order valence-electron chi connectivity index (χ4n) is 3.75. The Bertz CT molecular complexity index is 832. The maximum Gasteiger partial charge on any atom is 0.374 e. The highest BCUT2D eigenvalue weighted by Crippen LogP contribution is 2.43. The lowest BCUT2D eigenvalue weighted by molar-refractivity contribution is 0.0487. The normalized spacial score (nSPS) is 21.6. The van der Waals surface area contributed by atoms with Gasteiger partial charge in [-0.05, 0) is 44.0 Å². The number of phenols is 1. The second-order valence-corrected chi connectivity index (χ2v) is 6.98. The number of hydrogen-bond acceptors (Lipinski definition) is 7. The summed E-state index contributed by atoms with van der Waals surface area (Å²) < 4.78 is 16.2. The van der Waals surface area contributed by atoms with Gasteiger partial charge in [0.2, 0.25) is 5.76 Å². The molecule has 28 heavy (non-hydrogen) atoms. The van der Waals surface area contributed by atoms with Gasteiger partial charge >= 0.3 is 5.97 Å². The second kappa shape index (κ2) is 8.67. The van der Waals surface area contributed by atoms with Crippen molar-refractivity contribution in [3.8, 4) is 11.5 Å². The van der Waals surface area contributed by atoms with Gasteiger partial charge in [0.1, 0.15) is 17.3 Å². The quantitative estimate of drug-likeness (QED) is 0.626. The molecule has 1 fully saturated rings. The average molecular weight is 388 g/mol. The van der Waals surface area contributed by atoms with E-state index in [1.807, 2.05) is 13.0 Å². The molecule has 3 unspecified atom stereocenters. The average Bonchev–Trinajstić information content (AvgIpc) is 3.29. The van der Waals surface area contributed by atoms with Crippen LogP contribution < -0.4 is 15.6 Å². The summed E-state index contributed by atoms with van der Waals surface area (Å²) in [4.78, 5) is 11.9. The molecule has 2 heterocycles. The third kappa shape index (κ3) is 3.86. The first-order valence-electron chi connectivity index (χ1n) is 9.67. The largest absolute Gasteiger partial charge is 0.507 e. The maximum atomic E-state index is 11.9. The minimum atomic E-state index is -0.477. The summed E-state index contributed by atoms with van der Waals surface area (Å²) in [5.74, 6) is 1.09. The van der Waals surface area contributed by atoms with Crippen LogP contribution in [0.5, 0.6) is 11.5 Å². The molecule has 7 nitrogen and oxygen atoms in total. The summed E-state index contributed by atoms with van der Waals surface area (Å²) >= 11 is 0. The SMILES string of the molecule is CCCc1cc(C2NNC(C)C2c2ccc(C(=O)OCC)o2)c(O)cc1OC. The number of aryl methyl sites for hydroxylation is 1. The number of carbonyl (C=O) groups is 1. The number of ether oxygens (including phenoxy) is 2. The highest BCUT2D eigenvalue weighted by Gasteiger charge is 2.39. The van der Waals surface area contributed by atoms with E-state index < -0.39 is 5.97 Å². The number of phenolic OH excluding ortho intramolecular Hbond substituents is 1. The third-order valence-corrected chi connectivity index (χ3v) is 5.08. The fourth-order valence-corrected chi connectivity index (χ4v) is 3.75. The van der Waals surface area contributed by atoms with E-state index in [1.54, 1.807) is 32.2 Å². The minimum Gasteiger partial charge on any atom is -0.507 e. The molecular weight excluding hydrogens is 360 g/mol. The van der Waals surface area contributed by atoms with E-state index in [4.69, 9.17) is 13.9 Å². The van der Waals surface area contributed by atoms with Crippen LogP contribution in [0, 0.1) is 0 Å². The van der Waals surface area contributed by atoms with E-state index in [0.717, 1.165) is 24.0 Å². The van der Waals surface area contributed by atoms with Gasteiger partial charge in [-0.3, -0.25) is 5.43 Å². The van der Waals surface area contributed by atoms with Crippen LogP contribution >= 0.6 is 0 Å². The van der Waals surface area contributed by atoms with Crippen LogP contribution in [0.15, 0.2) is 28.7 Å². The van der Waals surface area contributed by atoms with E-state index in [9.17, 15) is 9.90 Å². The Hall–Kier alpha value is -2.51. The molecular formula is C21H28N2O5. The van der Waals surface area contributed by atoms with Gasteiger partial charge < -0.3 is 19.0 Å². The molecule has 3 atom stereocenters. The molecule has 1 aromatic heterocycles. The Morgan fingerprint density at radius 2 is 2.04 bits per heavy atom. The zero-order valence-electron chi connectivity index (χ0n) is 16.7. The Balaban J connectivity index is 1.96. The first-order chi connectivity index (χ1) is 13.5. The molecule has 0 saturated carbocycles. The fraction of sp³-hybridized carbons (Fsp3) is 0.476. The maximum absolute atomic E-state index is 11.9. The van der Waals surface area contributed by atoms with Crippen molar-refractivity contribution in [1.29, 1.82) is 0 Å². The summed E-state index contributed by atoms with van der Waals surface area (Å²) in [5.41, 5.74) is 8.28. The number of hydrazine groups is 1. The standard InChI is InChI=1S/C21H28N2O5/c1-5-7-13-10-14(15(24)11-18(13)26-4)20-19(12(3)22-23-20)16-8-9-17(28-16)21(25)27-6-2/h8-12,19-20,22-24H,5-7H2,1-4H3. The number of furan rings is 1. The summed E-state index contributed by atoms with van der Waals surface area (Å²) in [6.07, 6.45) is 1.82. The molecule has 0 spiro atoms. The lowest BCUT2D eigenvalue weighted by atomic mass is 9.86. The van der Waals surface area contributed by atoms with E-state index in [1.165, 1.54) is 0 Å². The van der Waals surface area contributed by atoms with Gasteiger partial charge in [-0.1, -0.05) is 13.3 Å². The lowest BCUT2D eigenvalue weighted by Gasteiger charge is -2.22. The lowest BCUT2D eigenvalue weighted by Crippen LogP contribution is -2.29. The van der Waals surface area contributed by atoms with Gasteiger partial charge in [0.25, 0.3) is 0 Å². The van der Waals surface area contributed by atoms with Crippen molar-refractivity contribution in [2.24, 2.45) is 0 Å². The number of rotatable bonds is 7. The van der Waals surface area contributed by atoms with Gasteiger partial charge in [-0.15, -0.1) is 0 Å². The highest BCUT2D eigenvalue weighted by atomic mass is 16.5. The van der Waals surface area contributed by atoms with Gasteiger partial charge in [-0.25, -0.2) is 10.2 Å². The first kappa shape index (κ1) is 20.2. The molecule has 3 N–H and O–H groups in total. The summed E-state index contributed by atoms with van der Waals surface area (Å²) in [6.45, 7) is 6.18. The van der Waals surface area contributed by atoms with Crippen LogP contribution in [0.3, 0.4) is 0 Å². The van der Waals surface area contributed by atoms with Crippen molar-refractivity contribution in [2.75, 3.05) is 13.7 Å². The van der Waals surface area contributed by atoms with E-state index in [-0.39, 0.29) is 29.5 Å². The van der Waals surface area contributed by atoms with Gasteiger partial charge in [0, 0.05) is 17.7 Å². The van der Waals surface area contributed by atoms with Crippen LogP contribution in [0.2, 0.25) is 0 Å². The van der Waals surface area contributed by atoms with Crippen molar-refractivity contribution in [3.63, 3.8) is 0 Å². The predicted molar refractivity (Wildman–Crippen MR) is 105 cm³/mol. The van der Waals surface area contributed by atoms with Crippen LogP contribution in [-0.4, -0.2) is 30.8 Å². The number of carbonyl (C=O) groups excluding carboxylic acids is 1. The van der Waals surface area contributed by atoms with E-state index >= 15 is 0 Å². The highest BCUT2D eigenvalue weighted by molar-refractivity contribution is 5.86. The molecule has 3 rings (SSSR count). The predicted octanol–water partition coefficient (Wildman–Crippen LogP) is 3.44. The molecule has 0 bridgehead atoms. The molecule has 1 aliphatic rings. The molecule has 1 aromatic carbocycles. The first-order valence-corrected chi connectivity index (χ1v) is 9.67. The monoisotopic (exact) mass is 388 g/mol. The van der Waals surface area contributed by atoms with Crippen molar-refractivity contribution in [2.45, 2.75) is 51.6 Å². The number of methoxy groups -OCH3 is 1. The zero-order chi connectivity index (χ0) is 20.3. The van der Waals surface area contributed by atoms with Crippen molar-refractivity contribution >= 4 is 5.97 Å². The number of aromatic hydroxyl groups is 1. The van der Waals surface area contributed by atoms with Crippen LogP contribution in [-0.2, 0) is 11.2 Å². The van der Waals surface area contributed by atoms with Crippen molar-refractivity contribution in [3.05, 3.63) is 46.9 Å². The van der Waals surface area contributed by atoms with Gasteiger partial charge in [0.15, 0.2) is 0 Å². The number of esters is 1. The van der Waals surface area contributed by atoms with Crippen molar-refractivity contribution in [1.82, 2.24) is 10.9 Å². The Labute approximate surface area is 165 Å². The molecule has 1 aliphatic heterocycles. The van der Waals surface area contributed by atoms with Crippen LogP contribution in [0.25, 0.3) is 0 Å². The molecule has 152 valence electrons. The molecule has 0 radical (unpaired) electrons. The summed E-state index contributed by atoms with van der Waals surface area (Å²) in [6, 6.07) is 6.87. The Morgan fingerprint density at radius 1 is 1.25 bits per heavy atom. The van der Waals surface area contributed by atoms with Crippen LogP contribution in [0.4, 0.5) is 0 Å². The molecule has 2 aromatic rings. The van der Waals surface area contributed by atoms with E-state index in [2.05, 4.69) is 17.8 Å². The topological polar surface area (TPSA) is 93.0 Å². The van der Waals surface area contributed by atoms with Gasteiger partial charge in [0.05, 0.1) is 25.7 Å². The Morgan fingerprint density at radius 3 is 2.71 bits per heavy atom. The summed E-state index contributed by atoms with van der Waals surface area (Å²) in [5, 5.41) is 10.6. The smallest absolute Gasteiger partial charge is 0.374 e. The number of benzene rings is 1. The molecule has 0 amide bonds. The second-order valence-electron chi connectivity index (χ2n) is 6.98. The van der Waals surface area contributed by atoms with Crippen LogP contribution in [0.1, 0.15) is 66.6 Å². The molecule has 1 saturated heterocycles. The molecule has 7 heteroatoms. The van der Waals surface area contributed by atoms with Gasteiger partial charge in [-0.2, -0.15) is 0 Å². The number of hydrogen-bond donors (Lipinski definition) is 3. The number of nitrogens with one attached hydrogen (secondary N) is 2.